The van der Waals surface area contributed by atoms with Crippen LogP contribution in [-0.2, 0) is 0 Å². The fraction of sp³-hybridized carbons (Fsp3) is 0. The van der Waals surface area contributed by atoms with Crippen molar-refractivity contribution in [3.05, 3.63) is 47.6 Å². The predicted octanol–water partition coefficient (Wildman–Crippen LogP) is 0.410. The van der Waals surface area contributed by atoms with E-state index < -0.39 is 0 Å². The summed E-state index contributed by atoms with van der Waals surface area (Å²) < 4.78 is 1.91. The molecule has 0 aliphatic carbocycles. The Morgan fingerprint density at radius 2 is 2.00 bits per heavy atom. The zero-order valence-corrected chi connectivity index (χ0v) is 8.48. The van der Waals surface area contributed by atoms with Crippen LogP contribution >= 0.6 is 12.2 Å². The van der Waals surface area contributed by atoms with Crippen LogP contribution in [0.15, 0.2) is 46.9 Å². The number of imidazole rings is 1. The van der Waals surface area contributed by atoms with Crippen LogP contribution in [-0.4, -0.2) is 14.7 Å². The molecule has 0 fully saturated rings. The minimum Gasteiger partial charge on any atom is -0.306 e. The van der Waals surface area contributed by atoms with Crippen molar-refractivity contribution in [1.29, 1.82) is 0 Å². The van der Waals surface area contributed by atoms with Gasteiger partial charge in [0.25, 0.3) is 0 Å². The van der Waals surface area contributed by atoms with Crippen LogP contribution in [0.5, 0.6) is 0 Å². The molecule has 0 saturated heterocycles. The Hall–Kier alpha value is -1.88. The first kappa shape index (κ1) is 8.43. The minimum atomic E-state index is 0.396. The summed E-state index contributed by atoms with van der Waals surface area (Å²) in [6, 6.07) is 5.82. The summed E-state index contributed by atoms with van der Waals surface area (Å²) in [5, 5.41) is 2.06. The summed E-state index contributed by atoms with van der Waals surface area (Å²) in [5.41, 5.74) is 1.01. The number of fused-ring (bicyclic) bond motifs is 1. The van der Waals surface area contributed by atoms with Gasteiger partial charge in [-0.3, -0.25) is 0 Å². The molecular weight excluding hydrogens is 208 g/mol. The highest BCUT2D eigenvalue weighted by Gasteiger charge is 2.03. The molecule has 0 amide bonds. The third-order valence-electron chi connectivity index (χ3n) is 2.19. The van der Waals surface area contributed by atoms with E-state index in [-0.39, 0.29) is 0 Å². The van der Waals surface area contributed by atoms with Gasteiger partial charge >= 0.3 is 0 Å². The summed E-state index contributed by atoms with van der Waals surface area (Å²) in [7, 11) is 0. The fourth-order valence-corrected chi connectivity index (χ4v) is 1.70. The number of rotatable bonds is 1. The van der Waals surface area contributed by atoms with Crippen LogP contribution in [0.1, 0.15) is 0 Å². The Kier molecular flexibility index (Phi) is 1.72. The highest BCUT2D eigenvalue weighted by molar-refractivity contribution is 7.80. The molecular formula is C10H6N4S. The number of aromatic nitrogens is 2. The molecule has 4 nitrogen and oxygen atoms in total. The lowest BCUT2D eigenvalue weighted by molar-refractivity contribution is 1.05. The van der Waals surface area contributed by atoms with Crippen molar-refractivity contribution in [3.8, 4) is 5.69 Å². The normalized spacial score (nSPS) is 13.2. The average Bonchev–Trinajstić information content (AvgIpc) is 2.82. The molecule has 0 radical (unpaired) electrons. The zero-order valence-electron chi connectivity index (χ0n) is 7.66. The van der Waals surface area contributed by atoms with Gasteiger partial charge in [0.2, 0.25) is 5.11 Å². The molecule has 0 N–H and O–H groups in total. The minimum absolute atomic E-state index is 0.396. The first-order valence-corrected chi connectivity index (χ1v) is 4.83. The SMILES string of the molecule is S=C1N=c2ccc(-n3ccnc3)cc2=N1. The number of benzene rings is 1. The van der Waals surface area contributed by atoms with E-state index in [4.69, 9.17) is 12.2 Å². The summed E-state index contributed by atoms with van der Waals surface area (Å²) in [4.78, 5) is 12.3. The van der Waals surface area contributed by atoms with Crippen LogP contribution in [0.2, 0.25) is 0 Å². The fourth-order valence-electron chi connectivity index (χ4n) is 1.50. The van der Waals surface area contributed by atoms with Crippen molar-refractivity contribution < 1.29 is 0 Å². The summed E-state index contributed by atoms with van der Waals surface area (Å²) in [5.74, 6) is 0. The van der Waals surface area contributed by atoms with Gasteiger partial charge in [0.1, 0.15) is 0 Å². The Labute approximate surface area is 90.6 Å². The Bertz CT molecular complexity index is 643. The van der Waals surface area contributed by atoms with Crippen LogP contribution in [0.3, 0.4) is 0 Å². The number of hydrogen-bond donors (Lipinski definition) is 0. The van der Waals surface area contributed by atoms with Crippen molar-refractivity contribution in [2.24, 2.45) is 9.98 Å². The van der Waals surface area contributed by atoms with E-state index in [1.165, 1.54) is 0 Å². The largest absolute Gasteiger partial charge is 0.306 e. The van der Waals surface area contributed by atoms with Crippen LogP contribution in [0, 0.1) is 0 Å². The topological polar surface area (TPSA) is 42.5 Å². The van der Waals surface area contributed by atoms with E-state index >= 15 is 0 Å². The highest BCUT2D eigenvalue weighted by Crippen LogP contribution is 2.01. The molecule has 0 atom stereocenters. The highest BCUT2D eigenvalue weighted by atomic mass is 32.1. The molecule has 1 aromatic carbocycles. The molecule has 1 aliphatic heterocycles. The molecule has 2 heterocycles. The van der Waals surface area contributed by atoms with Crippen molar-refractivity contribution >= 4 is 17.3 Å². The number of hydrogen-bond acceptors (Lipinski definition) is 2. The van der Waals surface area contributed by atoms with Gasteiger partial charge < -0.3 is 4.57 Å². The van der Waals surface area contributed by atoms with Gasteiger partial charge in [-0.1, -0.05) is 0 Å². The first-order chi connectivity index (χ1) is 7.33. The predicted molar refractivity (Wildman–Crippen MR) is 58.5 cm³/mol. The summed E-state index contributed by atoms with van der Waals surface area (Å²) in [6.45, 7) is 0. The molecule has 5 heteroatoms. The van der Waals surface area contributed by atoms with Crippen molar-refractivity contribution in [3.63, 3.8) is 0 Å². The molecule has 1 aliphatic rings. The zero-order chi connectivity index (χ0) is 10.3. The summed E-state index contributed by atoms with van der Waals surface area (Å²) >= 11 is 4.91. The van der Waals surface area contributed by atoms with E-state index in [2.05, 4.69) is 15.0 Å². The van der Waals surface area contributed by atoms with E-state index in [1.807, 2.05) is 29.0 Å². The average molecular weight is 214 g/mol. The molecule has 72 valence electrons. The summed E-state index contributed by atoms with van der Waals surface area (Å²) in [6.07, 6.45) is 5.36. The van der Waals surface area contributed by atoms with Crippen molar-refractivity contribution in [2.45, 2.75) is 0 Å². The maximum absolute atomic E-state index is 4.91. The van der Waals surface area contributed by atoms with Gasteiger partial charge in [0, 0.05) is 18.1 Å². The second-order valence-corrected chi connectivity index (χ2v) is 3.51. The second-order valence-electron chi connectivity index (χ2n) is 3.15. The lowest BCUT2D eigenvalue weighted by atomic mass is 10.3. The quantitative estimate of drug-likeness (QED) is 0.645. The van der Waals surface area contributed by atoms with E-state index in [0.29, 0.717) is 5.11 Å². The van der Waals surface area contributed by atoms with Gasteiger partial charge in [0.05, 0.1) is 17.0 Å². The molecule has 0 bridgehead atoms. The maximum atomic E-state index is 4.91. The third kappa shape index (κ3) is 1.37. The van der Waals surface area contributed by atoms with Crippen LogP contribution in [0.25, 0.3) is 5.69 Å². The van der Waals surface area contributed by atoms with E-state index in [1.54, 1.807) is 12.5 Å². The lowest BCUT2D eigenvalue weighted by Crippen LogP contribution is -2.21. The van der Waals surface area contributed by atoms with Gasteiger partial charge in [-0.2, -0.15) is 0 Å². The van der Waals surface area contributed by atoms with Gasteiger partial charge in [-0.15, -0.1) is 0 Å². The molecule has 0 unspecified atom stereocenters. The van der Waals surface area contributed by atoms with Gasteiger partial charge in [0.15, 0.2) is 0 Å². The lowest BCUT2D eigenvalue weighted by Gasteiger charge is -1.99. The third-order valence-corrected chi connectivity index (χ3v) is 2.38. The Morgan fingerprint density at radius 3 is 2.80 bits per heavy atom. The van der Waals surface area contributed by atoms with Crippen LogP contribution < -0.4 is 10.7 Å². The standard InChI is InChI=1S/C10H6N4S/c15-10-12-8-2-1-7(5-9(8)13-10)14-4-3-11-6-14/h1-6H. The smallest absolute Gasteiger partial charge is 0.220 e. The van der Waals surface area contributed by atoms with Crippen molar-refractivity contribution in [1.82, 2.24) is 9.55 Å². The van der Waals surface area contributed by atoms with E-state index in [9.17, 15) is 0 Å². The Morgan fingerprint density at radius 1 is 1.13 bits per heavy atom. The van der Waals surface area contributed by atoms with Gasteiger partial charge in [-0.25, -0.2) is 15.0 Å². The first-order valence-electron chi connectivity index (χ1n) is 4.43. The van der Waals surface area contributed by atoms with E-state index in [0.717, 1.165) is 16.4 Å². The van der Waals surface area contributed by atoms with Crippen LogP contribution in [0.4, 0.5) is 0 Å². The monoisotopic (exact) mass is 214 g/mol. The molecule has 0 spiro atoms. The molecule has 3 rings (SSSR count). The molecule has 15 heavy (non-hydrogen) atoms. The Balaban J connectivity index is 2.25. The molecule has 0 saturated carbocycles. The second kappa shape index (κ2) is 3.06. The molecule has 2 aromatic rings. The number of thiocarbonyl (C=S) groups is 1. The van der Waals surface area contributed by atoms with Crippen molar-refractivity contribution in [2.75, 3.05) is 0 Å². The van der Waals surface area contributed by atoms with Gasteiger partial charge in [-0.05, 0) is 30.4 Å². The molecule has 1 aromatic heterocycles. The number of nitrogens with zero attached hydrogens (tertiary/aromatic N) is 4. The maximum Gasteiger partial charge on any atom is 0.220 e.